The molecule has 0 bridgehead atoms. The van der Waals surface area contributed by atoms with E-state index in [-0.39, 0.29) is 12.5 Å². The van der Waals surface area contributed by atoms with Crippen molar-refractivity contribution in [1.82, 2.24) is 5.32 Å². The molecule has 52 heavy (non-hydrogen) atoms. The van der Waals surface area contributed by atoms with Crippen molar-refractivity contribution in [3.05, 3.63) is 24.3 Å². The van der Waals surface area contributed by atoms with Gasteiger partial charge in [-0.15, -0.1) is 0 Å². The van der Waals surface area contributed by atoms with E-state index in [0.29, 0.717) is 12.8 Å². The first kappa shape index (κ1) is 50.8. The highest BCUT2D eigenvalue weighted by atomic mass is 16.3. The summed E-state index contributed by atoms with van der Waals surface area (Å²) in [5.41, 5.74) is 0. The van der Waals surface area contributed by atoms with Crippen LogP contribution in [0.4, 0.5) is 0 Å². The molecule has 3 unspecified atom stereocenters. The molecular weight excluding hydrogens is 643 g/mol. The third-order valence-corrected chi connectivity index (χ3v) is 10.8. The van der Waals surface area contributed by atoms with Crippen LogP contribution in [-0.2, 0) is 4.79 Å². The summed E-state index contributed by atoms with van der Waals surface area (Å²) in [7, 11) is 0. The molecule has 0 rings (SSSR count). The molecule has 0 spiro atoms. The van der Waals surface area contributed by atoms with Gasteiger partial charge in [0.2, 0.25) is 5.91 Å². The molecule has 0 aliphatic heterocycles. The zero-order valence-corrected chi connectivity index (χ0v) is 35.0. The average Bonchev–Trinajstić information content (AvgIpc) is 3.15. The molecule has 4 N–H and O–H groups in total. The smallest absolute Gasteiger partial charge is 0.220 e. The first-order chi connectivity index (χ1) is 25.6. The molecule has 0 heterocycles. The maximum Gasteiger partial charge on any atom is 0.220 e. The van der Waals surface area contributed by atoms with E-state index in [0.717, 1.165) is 44.9 Å². The van der Waals surface area contributed by atoms with Crippen molar-refractivity contribution >= 4 is 5.91 Å². The van der Waals surface area contributed by atoms with Gasteiger partial charge in [0.25, 0.3) is 0 Å². The maximum atomic E-state index is 12.4. The summed E-state index contributed by atoms with van der Waals surface area (Å²) in [6, 6.07) is -0.828. The normalized spacial score (nSPS) is 13.7. The van der Waals surface area contributed by atoms with Crippen LogP contribution in [0.1, 0.15) is 245 Å². The largest absolute Gasteiger partial charge is 0.394 e. The predicted octanol–water partition coefficient (Wildman–Crippen LogP) is 13.4. The number of amides is 1. The zero-order chi connectivity index (χ0) is 38.0. The molecule has 0 radical (unpaired) electrons. The molecule has 0 aliphatic rings. The molecule has 1 amide bonds. The van der Waals surface area contributed by atoms with Crippen LogP contribution in [0.5, 0.6) is 0 Å². The number of carbonyl (C=O) groups is 1. The highest BCUT2D eigenvalue weighted by Gasteiger charge is 2.26. The van der Waals surface area contributed by atoms with E-state index in [1.165, 1.54) is 173 Å². The Morgan fingerprint density at radius 1 is 0.462 bits per heavy atom. The van der Waals surface area contributed by atoms with Crippen LogP contribution >= 0.6 is 0 Å². The van der Waals surface area contributed by atoms with Gasteiger partial charge >= 0.3 is 0 Å². The van der Waals surface area contributed by atoms with Crippen molar-refractivity contribution in [3.8, 4) is 0 Å². The summed E-state index contributed by atoms with van der Waals surface area (Å²) in [6.07, 6.45) is 51.6. The monoisotopic (exact) mass is 734 g/mol. The Balaban J connectivity index is 3.57. The Kier molecular flexibility index (Phi) is 41.6. The second kappa shape index (κ2) is 42.6. The number of aliphatic hydroxyl groups excluding tert-OH is 3. The quantitative estimate of drug-likeness (QED) is 0.0371. The number of allylic oxidation sites excluding steroid dienone is 4. The SMILES string of the molecule is CCCCCC/C=C/CC/C=C/CCCC(O)C(O)C(CO)NC(=O)CCCCCCCCCCCCCCCCCCCCCCCCCCC. The number of nitrogens with one attached hydrogen (secondary N) is 1. The third-order valence-electron chi connectivity index (χ3n) is 10.8. The van der Waals surface area contributed by atoms with Gasteiger partial charge in [-0.2, -0.15) is 0 Å². The van der Waals surface area contributed by atoms with E-state index in [9.17, 15) is 20.1 Å². The number of rotatable bonds is 42. The molecule has 0 saturated heterocycles. The fraction of sp³-hybridized carbons (Fsp3) is 0.894. The fourth-order valence-corrected chi connectivity index (χ4v) is 7.18. The highest BCUT2D eigenvalue weighted by molar-refractivity contribution is 5.76. The Morgan fingerprint density at radius 3 is 1.17 bits per heavy atom. The summed E-state index contributed by atoms with van der Waals surface area (Å²) in [6.45, 7) is 4.15. The lowest BCUT2D eigenvalue weighted by Crippen LogP contribution is -2.50. The summed E-state index contributed by atoms with van der Waals surface area (Å²) >= 11 is 0. The van der Waals surface area contributed by atoms with Gasteiger partial charge in [-0.3, -0.25) is 4.79 Å². The minimum atomic E-state index is -1.16. The first-order valence-corrected chi connectivity index (χ1v) is 23.1. The van der Waals surface area contributed by atoms with Crippen molar-refractivity contribution in [2.75, 3.05) is 6.61 Å². The topological polar surface area (TPSA) is 89.8 Å². The Bertz CT molecular complexity index is 768. The highest BCUT2D eigenvalue weighted by Crippen LogP contribution is 2.16. The van der Waals surface area contributed by atoms with E-state index < -0.39 is 18.2 Å². The van der Waals surface area contributed by atoms with Gasteiger partial charge in [0.05, 0.1) is 18.8 Å². The van der Waals surface area contributed by atoms with Crippen LogP contribution in [0, 0.1) is 0 Å². The van der Waals surface area contributed by atoms with Gasteiger partial charge in [-0.25, -0.2) is 0 Å². The number of unbranched alkanes of at least 4 members (excludes halogenated alkanes) is 30. The lowest BCUT2D eigenvalue weighted by Gasteiger charge is -2.26. The molecule has 0 aromatic rings. The summed E-state index contributed by atoms with van der Waals surface area (Å²) < 4.78 is 0. The average molecular weight is 734 g/mol. The van der Waals surface area contributed by atoms with Crippen molar-refractivity contribution < 1.29 is 20.1 Å². The van der Waals surface area contributed by atoms with E-state index >= 15 is 0 Å². The lowest BCUT2D eigenvalue weighted by atomic mass is 10.0. The Morgan fingerprint density at radius 2 is 0.788 bits per heavy atom. The van der Waals surface area contributed by atoms with Gasteiger partial charge in [0.15, 0.2) is 0 Å². The minimum Gasteiger partial charge on any atom is -0.394 e. The van der Waals surface area contributed by atoms with Crippen molar-refractivity contribution in [2.45, 2.75) is 263 Å². The number of hydrogen-bond acceptors (Lipinski definition) is 4. The standard InChI is InChI=1S/C47H91NO4/c1-3-5-7-9-11-13-15-17-18-19-20-21-22-23-24-25-26-27-28-30-32-34-36-38-40-42-46(51)48-44(43-49)47(52)45(50)41-39-37-35-33-31-29-16-14-12-10-8-6-4-2/h14,16,33,35,44-45,47,49-50,52H,3-13,15,17-32,34,36-43H2,1-2H3,(H,48,51)/b16-14+,35-33+. The fourth-order valence-electron chi connectivity index (χ4n) is 7.18. The van der Waals surface area contributed by atoms with Crippen molar-refractivity contribution in [2.24, 2.45) is 0 Å². The molecule has 308 valence electrons. The Labute approximate surface area is 324 Å². The molecule has 5 nitrogen and oxygen atoms in total. The molecule has 5 heteroatoms. The van der Waals surface area contributed by atoms with Gasteiger partial charge in [0.1, 0.15) is 6.10 Å². The van der Waals surface area contributed by atoms with Crippen LogP contribution in [0.3, 0.4) is 0 Å². The van der Waals surface area contributed by atoms with E-state index in [4.69, 9.17) is 0 Å². The van der Waals surface area contributed by atoms with Crippen LogP contribution in [0.15, 0.2) is 24.3 Å². The number of aliphatic hydroxyl groups is 3. The van der Waals surface area contributed by atoms with Crippen LogP contribution in [0.2, 0.25) is 0 Å². The van der Waals surface area contributed by atoms with Gasteiger partial charge < -0.3 is 20.6 Å². The van der Waals surface area contributed by atoms with Gasteiger partial charge in [-0.05, 0) is 51.4 Å². The van der Waals surface area contributed by atoms with E-state index in [1.54, 1.807) is 0 Å². The molecule has 0 aliphatic carbocycles. The third kappa shape index (κ3) is 37.2. The number of carbonyl (C=O) groups excluding carboxylic acids is 1. The van der Waals surface area contributed by atoms with Gasteiger partial charge in [-0.1, -0.05) is 212 Å². The first-order valence-electron chi connectivity index (χ1n) is 23.1. The van der Waals surface area contributed by atoms with Crippen LogP contribution in [0.25, 0.3) is 0 Å². The molecular formula is C47H91NO4. The molecule has 0 saturated carbocycles. The van der Waals surface area contributed by atoms with Crippen LogP contribution in [-0.4, -0.2) is 46.1 Å². The second-order valence-electron chi connectivity index (χ2n) is 16.0. The van der Waals surface area contributed by atoms with Gasteiger partial charge in [0, 0.05) is 6.42 Å². The molecule has 0 fully saturated rings. The summed E-state index contributed by atoms with van der Waals surface area (Å²) in [5.74, 6) is -0.155. The summed E-state index contributed by atoms with van der Waals surface area (Å²) in [5, 5.41) is 33.5. The second-order valence-corrected chi connectivity index (χ2v) is 16.0. The Hall–Kier alpha value is -1.17. The van der Waals surface area contributed by atoms with Crippen molar-refractivity contribution in [3.63, 3.8) is 0 Å². The summed E-state index contributed by atoms with van der Waals surface area (Å²) in [4.78, 5) is 12.4. The minimum absolute atomic E-state index is 0.155. The van der Waals surface area contributed by atoms with E-state index in [2.05, 4.69) is 43.5 Å². The van der Waals surface area contributed by atoms with E-state index in [1.807, 2.05) is 0 Å². The molecule has 0 aromatic heterocycles. The molecule has 0 aromatic carbocycles. The van der Waals surface area contributed by atoms with Crippen LogP contribution < -0.4 is 5.32 Å². The zero-order valence-electron chi connectivity index (χ0n) is 35.0. The maximum absolute atomic E-state index is 12.4. The van der Waals surface area contributed by atoms with Crippen molar-refractivity contribution in [1.29, 1.82) is 0 Å². The lowest BCUT2D eigenvalue weighted by molar-refractivity contribution is -0.124. The predicted molar refractivity (Wildman–Crippen MR) is 227 cm³/mol. The molecule has 3 atom stereocenters. The number of hydrogen-bond donors (Lipinski definition) is 4.